The van der Waals surface area contributed by atoms with E-state index >= 15 is 0 Å². The zero-order chi connectivity index (χ0) is 15.1. The third-order valence-electron chi connectivity index (χ3n) is 2.07. The molecule has 0 saturated heterocycles. The molecule has 0 heterocycles. The van der Waals surface area contributed by atoms with E-state index in [0.29, 0.717) is 0 Å². The van der Waals surface area contributed by atoms with E-state index in [0.717, 1.165) is 0 Å². The first kappa shape index (κ1) is 15.2. The summed E-state index contributed by atoms with van der Waals surface area (Å²) >= 11 is 0. The van der Waals surface area contributed by atoms with Gasteiger partial charge in [0.2, 0.25) is 0 Å². The van der Waals surface area contributed by atoms with Gasteiger partial charge in [-0.2, -0.15) is 0 Å². The van der Waals surface area contributed by atoms with Crippen molar-refractivity contribution in [2.45, 2.75) is 0 Å². The Morgan fingerprint density at radius 2 is 1.55 bits per heavy atom. The van der Waals surface area contributed by atoms with Gasteiger partial charge in [-0.1, -0.05) is 0 Å². The Morgan fingerprint density at radius 1 is 1.10 bits per heavy atom. The van der Waals surface area contributed by atoms with Crippen molar-refractivity contribution in [3.8, 4) is 29.8 Å². The number of aliphatic carboxylic acids is 2. The molecule has 0 aliphatic rings. The van der Waals surface area contributed by atoms with E-state index in [1.807, 2.05) is 5.92 Å². The third kappa shape index (κ3) is 4.09. The minimum atomic E-state index is -1.19. The van der Waals surface area contributed by atoms with Gasteiger partial charge in [0.25, 0.3) is 0 Å². The van der Waals surface area contributed by atoms with E-state index < -0.39 is 25.2 Å². The van der Waals surface area contributed by atoms with Crippen molar-refractivity contribution in [3.63, 3.8) is 0 Å². The van der Waals surface area contributed by atoms with Crippen molar-refractivity contribution in [1.82, 2.24) is 0 Å². The van der Waals surface area contributed by atoms with Crippen LogP contribution in [0.5, 0.6) is 11.5 Å². The molecule has 1 rings (SSSR count). The van der Waals surface area contributed by atoms with Gasteiger partial charge in [0.15, 0.2) is 0 Å². The minimum absolute atomic E-state index is 0.0537. The second-order valence-electron chi connectivity index (χ2n) is 3.48. The molecule has 0 aliphatic heterocycles. The number of hydrogen-bond acceptors (Lipinski definition) is 4. The van der Waals surface area contributed by atoms with E-state index in [2.05, 4.69) is 5.92 Å². The average molecular weight is 273 g/mol. The topological polar surface area (TPSA) is 93.1 Å². The van der Waals surface area contributed by atoms with Crippen LogP contribution < -0.4 is 9.47 Å². The van der Waals surface area contributed by atoms with Crippen LogP contribution in [-0.2, 0) is 9.59 Å². The fraction of sp³-hybridized carbons (Fsp3) is 0.143. The molecule has 1 aromatic carbocycles. The van der Waals surface area contributed by atoms with E-state index in [4.69, 9.17) is 32.5 Å². The standard InChI is InChI=1S/C14H8O6/c1-3-9-5-12(20-8-14(17)18)10(4-2)6-11(9)19-7-13(15)16/h1,5-6H,7-8H2,(H-,15,16,17,18)/p+1. The van der Waals surface area contributed by atoms with Gasteiger partial charge in [-0.25, -0.2) is 0 Å². The van der Waals surface area contributed by atoms with Crippen molar-refractivity contribution in [3.05, 3.63) is 29.7 Å². The number of terminal acetylenes is 1. The number of carboxylic acids is 2. The number of carbonyl (C=O) groups is 2. The van der Waals surface area contributed by atoms with E-state index in [1.165, 1.54) is 12.1 Å². The molecule has 0 atom stereocenters. The second-order valence-corrected chi connectivity index (χ2v) is 3.48. The van der Waals surface area contributed by atoms with Crippen molar-refractivity contribution in [1.29, 1.82) is 0 Å². The van der Waals surface area contributed by atoms with Gasteiger partial charge in [-0.3, -0.25) is 0 Å². The first-order valence-corrected chi connectivity index (χ1v) is 5.24. The first-order chi connectivity index (χ1) is 9.47. The van der Waals surface area contributed by atoms with Crippen LogP contribution in [-0.4, -0.2) is 35.4 Å². The van der Waals surface area contributed by atoms with Crippen molar-refractivity contribution in [2.24, 2.45) is 0 Å². The molecule has 0 radical (unpaired) electrons. The van der Waals surface area contributed by atoms with Gasteiger partial charge in [-0.05, 0) is 0 Å². The summed E-state index contributed by atoms with van der Waals surface area (Å²) in [6, 6.07) is 2.55. The SMILES string of the molecule is [C+]#Cc1cc(OCC(=O)O)c(C#C)cc1OCC(=O)O. The van der Waals surface area contributed by atoms with Crippen LogP contribution in [0, 0.1) is 24.7 Å². The average Bonchev–Trinajstić information content (AvgIpc) is 2.42. The number of benzene rings is 1. The van der Waals surface area contributed by atoms with Gasteiger partial charge in [-0.15, -0.1) is 0 Å². The summed E-state index contributed by atoms with van der Waals surface area (Å²) in [4.78, 5) is 20.9. The summed E-state index contributed by atoms with van der Waals surface area (Å²) in [5, 5.41) is 17.1. The number of rotatable bonds is 6. The normalized spacial score (nSPS) is 9.25. The summed E-state index contributed by atoms with van der Waals surface area (Å²) in [5.74, 6) is 2.06. The van der Waals surface area contributed by atoms with Crippen LogP contribution in [0.4, 0.5) is 0 Å². The quantitative estimate of drug-likeness (QED) is 0.580. The molecule has 0 aromatic heterocycles. The molecule has 1 aromatic rings. The maximum atomic E-state index is 10.5. The van der Waals surface area contributed by atoms with Gasteiger partial charge in [0.1, 0.15) is 0 Å². The molecule has 6 nitrogen and oxygen atoms in total. The van der Waals surface area contributed by atoms with Crippen LogP contribution in [0.1, 0.15) is 11.1 Å². The summed E-state index contributed by atoms with van der Waals surface area (Å²) in [6.07, 6.45) is 12.4. The van der Waals surface area contributed by atoms with Crippen molar-refractivity contribution in [2.75, 3.05) is 13.2 Å². The predicted molar refractivity (Wildman–Crippen MR) is 66.9 cm³/mol. The molecule has 0 unspecified atom stereocenters. The predicted octanol–water partition coefficient (Wildman–Crippen LogP) is 0.533. The molecular formula is C14H9O6+. The second kappa shape index (κ2) is 6.88. The Morgan fingerprint density at radius 3 is 1.95 bits per heavy atom. The van der Waals surface area contributed by atoms with Gasteiger partial charge in [0.05, 0.1) is 0 Å². The number of ether oxygens (including phenoxy) is 2. The zero-order valence-electron chi connectivity index (χ0n) is 10.2. The molecule has 0 aliphatic carbocycles. The molecule has 6 heteroatoms. The van der Waals surface area contributed by atoms with Crippen LogP contribution in [0.2, 0.25) is 0 Å². The molecular weight excluding hydrogens is 264 g/mol. The van der Waals surface area contributed by atoms with Crippen LogP contribution in [0.15, 0.2) is 12.1 Å². The fourth-order valence-electron chi connectivity index (χ4n) is 1.29. The summed E-state index contributed by atoms with van der Waals surface area (Å²) < 4.78 is 9.94. The molecule has 0 fully saturated rings. The first-order valence-electron chi connectivity index (χ1n) is 5.24. The third-order valence-corrected chi connectivity index (χ3v) is 2.07. The van der Waals surface area contributed by atoms with E-state index in [9.17, 15) is 9.59 Å². The van der Waals surface area contributed by atoms with Gasteiger partial charge < -0.3 is 0 Å². The molecule has 100 valence electrons. The summed E-state index contributed by atoms with van der Waals surface area (Å²) in [6.45, 7) is -1.20. The molecule has 0 amide bonds. The van der Waals surface area contributed by atoms with Gasteiger partial charge >= 0.3 is 114 Å². The Labute approximate surface area is 114 Å². The molecule has 20 heavy (non-hydrogen) atoms. The zero-order valence-corrected chi connectivity index (χ0v) is 10.2. The Kier molecular flexibility index (Phi) is 5.21. The van der Waals surface area contributed by atoms with E-state index in [1.54, 1.807) is 0 Å². The maximum absolute atomic E-state index is 10.5. The Balaban J connectivity index is 3.11. The molecule has 0 bridgehead atoms. The Hall–Kier alpha value is -2.90. The monoisotopic (exact) mass is 273 g/mol. The molecule has 2 N–H and O–H groups in total. The van der Waals surface area contributed by atoms with Crippen molar-refractivity contribution >= 4 is 11.9 Å². The number of carboxylic acid groups (broad SMARTS) is 2. The van der Waals surface area contributed by atoms with Crippen LogP contribution in [0.3, 0.4) is 0 Å². The number of hydrogen-bond donors (Lipinski definition) is 2. The summed E-state index contributed by atoms with van der Waals surface area (Å²) in [7, 11) is 0. The fourth-order valence-corrected chi connectivity index (χ4v) is 1.29. The van der Waals surface area contributed by atoms with E-state index in [-0.39, 0.29) is 22.6 Å². The van der Waals surface area contributed by atoms with Crippen molar-refractivity contribution < 1.29 is 29.3 Å². The van der Waals surface area contributed by atoms with Crippen LogP contribution in [0.25, 0.3) is 0 Å². The molecule has 0 spiro atoms. The summed E-state index contributed by atoms with van der Waals surface area (Å²) in [5.41, 5.74) is 0.288. The van der Waals surface area contributed by atoms with Crippen LogP contribution >= 0.6 is 0 Å². The molecule has 0 saturated carbocycles. The Bertz CT molecular complexity index is 562. The van der Waals surface area contributed by atoms with Gasteiger partial charge in [0, 0.05) is 0 Å².